The third kappa shape index (κ3) is 24.8. The van der Waals surface area contributed by atoms with Crippen molar-refractivity contribution >= 4 is 66.5 Å². The first-order chi connectivity index (χ1) is 54.4. The van der Waals surface area contributed by atoms with Gasteiger partial charge in [-0.3, -0.25) is 42.6 Å². The summed E-state index contributed by atoms with van der Waals surface area (Å²) in [5.41, 5.74) is 35.5. The second-order valence-corrected chi connectivity index (χ2v) is 32.6. The Labute approximate surface area is 662 Å². The van der Waals surface area contributed by atoms with Crippen LogP contribution in [0, 0.1) is 0 Å². The number of nitrogens with two attached hydrogens (primary N) is 4. The first-order valence-corrected chi connectivity index (χ1v) is 42.2. The summed E-state index contributed by atoms with van der Waals surface area (Å²) >= 11 is 0. The molecule has 9 aromatic carbocycles. The van der Waals surface area contributed by atoms with Gasteiger partial charge in [-0.2, -0.15) is 26.3 Å². The summed E-state index contributed by atoms with van der Waals surface area (Å²) in [5, 5.41) is 10.4. The Kier molecular flexibility index (Phi) is 31.3. The lowest BCUT2D eigenvalue weighted by Gasteiger charge is -2.41. The summed E-state index contributed by atoms with van der Waals surface area (Å²) in [6.45, 7) is 15.2. The van der Waals surface area contributed by atoms with Crippen LogP contribution < -0.4 is 56.9 Å². The zero-order chi connectivity index (χ0) is 78.5. The van der Waals surface area contributed by atoms with Crippen molar-refractivity contribution < 1.29 is 31.2 Å². The van der Waals surface area contributed by atoms with Crippen LogP contribution in [-0.2, 0) is 71.0 Å². The number of benzene rings is 9. The van der Waals surface area contributed by atoms with E-state index in [1.807, 2.05) is 78.9 Å². The second kappa shape index (κ2) is 42.2. The van der Waals surface area contributed by atoms with Crippen LogP contribution in [0.4, 0.5) is 28.4 Å². The van der Waals surface area contributed by atoms with Crippen molar-refractivity contribution in [2.75, 3.05) is 90.4 Å². The Balaban J connectivity index is 0.000000136. The normalized spacial score (nSPS) is 18.2. The van der Waals surface area contributed by atoms with Crippen LogP contribution in [-0.4, -0.2) is 144 Å². The molecule has 2 amide bonds. The zero-order valence-corrected chi connectivity index (χ0v) is 65.8. The fourth-order valence-electron chi connectivity index (χ4n) is 15.2. The molecule has 0 aromatic heterocycles. The first kappa shape index (κ1) is 83.1. The minimum absolute atomic E-state index is 0.0194. The van der Waals surface area contributed by atoms with Crippen LogP contribution in [0.2, 0.25) is 0 Å². The van der Waals surface area contributed by atoms with Crippen LogP contribution in [0.5, 0.6) is 0 Å². The molecular weight excluding hydrogens is 1440 g/mol. The van der Waals surface area contributed by atoms with Crippen molar-refractivity contribution in [3.05, 3.63) is 293 Å². The highest BCUT2D eigenvalue weighted by molar-refractivity contribution is 7.91. The van der Waals surface area contributed by atoms with Gasteiger partial charge in [-0.05, 0) is 146 Å². The number of Topliss-reactive ketones (excluding diaryl/α,β-unsaturated/α-hetero) is 1. The zero-order valence-electron chi connectivity index (χ0n) is 64.2. The molecule has 9 aromatic rings. The maximum atomic E-state index is 12.6. The van der Waals surface area contributed by atoms with E-state index < -0.39 is 26.3 Å². The van der Waals surface area contributed by atoms with Gasteiger partial charge in [0.25, 0.3) is 11.8 Å². The van der Waals surface area contributed by atoms with E-state index in [0.717, 1.165) is 171 Å². The Morgan fingerprint density at radius 2 is 0.732 bits per heavy atom. The first-order valence-electron chi connectivity index (χ1n) is 39.3. The molecule has 0 radical (unpaired) electrons. The number of nitrogens with zero attached hydrogens (tertiary/aromatic N) is 6. The van der Waals surface area contributed by atoms with Gasteiger partial charge >= 0.3 is 20.4 Å². The number of piperidine rings is 5. The summed E-state index contributed by atoms with van der Waals surface area (Å²) in [6, 6.07) is 81.2. The maximum Gasteiger partial charge on any atom is 0.302 e. The number of carbonyl (C=O) groups excluding carboxylic acids is 3. The van der Waals surface area contributed by atoms with E-state index in [2.05, 4.69) is 178 Å². The number of amides is 2. The van der Waals surface area contributed by atoms with Crippen LogP contribution in [0.1, 0.15) is 124 Å². The van der Waals surface area contributed by atoms with Gasteiger partial charge in [-0.1, -0.05) is 200 Å². The average molecular weight is 1560 g/mol. The molecular formula is C88H111N15O7S2. The number of hydrogen-bond acceptors (Lipinski definition) is 16. The number of nitrogens with one attached hydrogen (secondary N) is 5. The molecule has 0 atom stereocenters. The van der Waals surface area contributed by atoms with E-state index in [1.165, 1.54) is 46.3 Å². The van der Waals surface area contributed by atoms with Gasteiger partial charge in [0.2, 0.25) is 0 Å². The largest absolute Gasteiger partial charge is 0.398 e. The molecule has 112 heavy (non-hydrogen) atoms. The Morgan fingerprint density at radius 1 is 0.393 bits per heavy atom. The number of anilines is 5. The van der Waals surface area contributed by atoms with E-state index in [9.17, 15) is 31.2 Å². The number of rotatable bonds is 17. The number of para-hydroxylation sites is 5. The summed E-state index contributed by atoms with van der Waals surface area (Å²) in [4.78, 5) is 42.9. The topological polar surface area (TPSA) is 303 Å². The third-order valence-corrected chi connectivity index (χ3v) is 24.4. The van der Waals surface area contributed by atoms with E-state index in [4.69, 9.17) is 22.9 Å². The molecule has 592 valence electrons. The van der Waals surface area contributed by atoms with Crippen molar-refractivity contribution in [2.45, 2.75) is 134 Å². The Bertz CT molecular complexity index is 4630. The van der Waals surface area contributed by atoms with E-state index >= 15 is 0 Å². The van der Waals surface area contributed by atoms with Gasteiger partial charge in [0, 0.05) is 152 Å². The third-order valence-electron chi connectivity index (χ3n) is 21.4. The van der Waals surface area contributed by atoms with Gasteiger partial charge in [-0.15, -0.1) is 0 Å². The molecule has 0 saturated carbocycles. The van der Waals surface area contributed by atoms with Crippen LogP contribution in [0.15, 0.2) is 243 Å². The molecule has 0 aliphatic carbocycles. The molecule has 13 N–H and O–H groups in total. The number of likely N-dealkylation sites (tertiary alicyclic amines) is 4. The van der Waals surface area contributed by atoms with Gasteiger partial charge in [-0.25, -0.2) is 0 Å². The molecule has 0 bridgehead atoms. The molecule has 5 fully saturated rings. The van der Waals surface area contributed by atoms with Crippen molar-refractivity contribution in [3.63, 3.8) is 0 Å². The van der Waals surface area contributed by atoms with Crippen molar-refractivity contribution in [3.8, 4) is 0 Å². The van der Waals surface area contributed by atoms with Crippen molar-refractivity contribution in [1.29, 1.82) is 0 Å². The van der Waals surface area contributed by atoms with Crippen LogP contribution in [0.3, 0.4) is 0 Å². The van der Waals surface area contributed by atoms with Crippen LogP contribution in [0.25, 0.3) is 0 Å². The SMILES string of the molecule is NC(=O)c1ccccc1N.NC(=O)c1ccccc1NC1CCN(Cc2ccccc2)CC1.NCc1ccccc1NC1CCN(Cc2ccccc2)CC1.O=C1CCN(Cc2ccccc2)CC1.O=S1(=O)NCc2ccccc2N1C1CCN(Cc2ccccc2)CC1.O=S1(=O)NCc2ccccc2N1C1CCNCC1. The fraction of sp³-hybridized carbons (Fsp3) is 0.352. The highest BCUT2D eigenvalue weighted by Gasteiger charge is 2.38. The number of ketones is 1. The summed E-state index contributed by atoms with van der Waals surface area (Å²) < 4.78 is 58.2. The monoisotopic (exact) mass is 1550 g/mol. The summed E-state index contributed by atoms with van der Waals surface area (Å²) in [6.07, 6.45) is 9.38. The molecule has 0 spiro atoms. The molecule has 5 saturated heterocycles. The average Bonchev–Trinajstić information content (AvgIpc) is 0.770. The molecule has 7 aliphatic heterocycles. The molecule has 7 heterocycles. The highest BCUT2D eigenvalue weighted by atomic mass is 32.2. The Morgan fingerprint density at radius 3 is 1.14 bits per heavy atom. The molecule has 0 unspecified atom stereocenters. The maximum absolute atomic E-state index is 12.6. The minimum Gasteiger partial charge on any atom is -0.398 e. The number of nitrogen functional groups attached to an aromatic ring is 1. The number of hydrogen-bond donors (Lipinski definition) is 9. The van der Waals surface area contributed by atoms with Gasteiger partial charge in [0.1, 0.15) is 5.78 Å². The fourth-order valence-corrected chi connectivity index (χ4v) is 18.3. The number of carbonyl (C=O) groups is 3. The predicted octanol–water partition coefficient (Wildman–Crippen LogP) is 11.4. The Hall–Kier alpha value is -9.83. The number of primary amides is 2. The van der Waals surface area contributed by atoms with Crippen molar-refractivity contribution in [2.24, 2.45) is 17.2 Å². The predicted molar refractivity (Wildman–Crippen MR) is 451 cm³/mol. The van der Waals surface area contributed by atoms with E-state index in [-0.39, 0.29) is 18.0 Å². The van der Waals surface area contributed by atoms with Crippen LogP contribution >= 0.6 is 0 Å². The van der Waals surface area contributed by atoms with Gasteiger partial charge < -0.3 is 38.9 Å². The minimum atomic E-state index is -3.45. The molecule has 22 nitrogen and oxygen atoms in total. The lowest BCUT2D eigenvalue weighted by atomic mass is 10.0. The molecule has 16 rings (SSSR count). The lowest BCUT2D eigenvalue weighted by Crippen LogP contribution is -2.53. The number of fused-ring (bicyclic) bond motifs is 2. The lowest BCUT2D eigenvalue weighted by molar-refractivity contribution is -0.121. The highest BCUT2D eigenvalue weighted by Crippen LogP contribution is 2.34. The standard InChI is InChI=1S/C19H23N3O2S.C19H23N3O.C19H25N3.C12H17N3O2S.C12H15NO.C7H8N2O/c23-25(24)20-14-17-8-4-5-9-19(17)22(25)18-10-12-21(13-11-18)15-16-6-2-1-3-7-16;20-19(23)17-8-4-5-9-18(17)21-16-10-12-22(13-11-16)14-15-6-2-1-3-7-15;20-14-17-8-4-5-9-19(17)21-18-10-12-22(13-11-18)15-16-6-2-1-3-7-16;16-18(17)14-9-10-3-1-2-4-12(10)15(18)11-5-7-13-8-6-11;14-12-6-8-13(9-7-12)10-11-4-2-1-3-5-11;8-6-4-2-1-3-5(6)7(9)10/h1-9,18,20H,10-15H2;1-9,16,21H,10-14H2,(H2,20,23);1-9,18,21H,10-15,20H2;1-4,11,13-14H,5-9H2;1-5H,6-10H2;1-4H,8H2,(H2,9,10). The van der Waals surface area contributed by atoms with Crippen molar-refractivity contribution in [1.82, 2.24) is 34.4 Å². The van der Waals surface area contributed by atoms with E-state index in [1.54, 1.807) is 38.9 Å². The van der Waals surface area contributed by atoms with Gasteiger partial charge in [0.05, 0.1) is 22.5 Å². The molecule has 24 heteroatoms. The van der Waals surface area contributed by atoms with Gasteiger partial charge in [0.15, 0.2) is 0 Å². The summed E-state index contributed by atoms with van der Waals surface area (Å²) in [7, 11) is -6.83. The van der Waals surface area contributed by atoms with E-state index in [0.29, 0.717) is 54.3 Å². The summed E-state index contributed by atoms with van der Waals surface area (Å²) in [5.74, 6) is -0.456. The quantitative estimate of drug-likeness (QED) is 0.0383. The molecule has 7 aliphatic rings. The smallest absolute Gasteiger partial charge is 0.302 e. The second-order valence-electron chi connectivity index (χ2n) is 29.4.